The average molecular weight is 835 g/mol. The Labute approximate surface area is 347 Å². The lowest BCUT2D eigenvalue weighted by atomic mass is 9.99. The molecule has 0 radical (unpaired) electrons. The van der Waals surface area contributed by atoms with E-state index in [4.69, 9.17) is 9.47 Å². The molecule has 0 aromatic rings. The van der Waals surface area contributed by atoms with Gasteiger partial charge >= 0.3 is 0 Å². The Kier molecular flexibility index (Phi) is 33.6. The molecule has 1 rings (SSSR count). The third kappa shape index (κ3) is 28.9. The SMILES string of the molecule is CCCCCCCCCCCCC/C=C/[C@@H](O)[C@H](COC1O[C@H](CO)[C@H](O)[C@H](OS(=O)(=O)[O-])[C@H]1O)NC(=O)CCCCCCCCCCCCCCCCCCC. The van der Waals surface area contributed by atoms with E-state index in [1.807, 2.05) is 6.08 Å². The molecule has 0 saturated carbocycles. The van der Waals surface area contributed by atoms with Crippen molar-refractivity contribution in [1.29, 1.82) is 0 Å². The second-order valence-corrected chi connectivity index (χ2v) is 17.3. The highest BCUT2D eigenvalue weighted by Gasteiger charge is 2.47. The van der Waals surface area contributed by atoms with Crippen molar-refractivity contribution in [3.05, 3.63) is 12.2 Å². The Morgan fingerprint density at radius 3 is 1.54 bits per heavy atom. The minimum absolute atomic E-state index is 0.267. The number of hydrogen-bond acceptors (Lipinski definition) is 11. The number of allylic oxidation sites excluding steroid dienone is 1. The largest absolute Gasteiger partial charge is 0.726 e. The Balaban J connectivity index is 2.51. The molecule has 1 fully saturated rings. The first-order valence-electron chi connectivity index (χ1n) is 23.1. The van der Waals surface area contributed by atoms with Crippen molar-refractivity contribution in [3.8, 4) is 0 Å². The van der Waals surface area contributed by atoms with E-state index >= 15 is 0 Å². The first-order valence-corrected chi connectivity index (χ1v) is 24.4. The molecule has 1 aliphatic heterocycles. The predicted octanol–water partition coefficient (Wildman–Crippen LogP) is 8.43. The van der Waals surface area contributed by atoms with Gasteiger partial charge < -0.3 is 39.8 Å². The average Bonchev–Trinajstić information content (AvgIpc) is 3.18. The summed E-state index contributed by atoms with van der Waals surface area (Å²) >= 11 is 0. The van der Waals surface area contributed by atoms with Crippen LogP contribution in [0.2, 0.25) is 0 Å². The molecule has 13 heteroatoms. The molecule has 0 aromatic heterocycles. The van der Waals surface area contributed by atoms with Crippen molar-refractivity contribution in [2.24, 2.45) is 0 Å². The molecule has 1 unspecified atom stereocenters. The Morgan fingerprint density at radius 2 is 1.12 bits per heavy atom. The number of aliphatic hydroxyl groups is 4. The molecule has 57 heavy (non-hydrogen) atoms. The van der Waals surface area contributed by atoms with E-state index < -0.39 is 59.9 Å². The summed E-state index contributed by atoms with van der Waals surface area (Å²) in [5.74, 6) is -0.269. The lowest BCUT2D eigenvalue weighted by Crippen LogP contribution is -2.61. The summed E-state index contributed by atoms with van der Waals surface area (Å²) in [5, 5.41) is 44.6. The van der Waals surface area contributed by atoms with Crippen LogP contribution in [0.5, 0.6) is 0 Å². The number of rotatable bonds is 39. The lowest BCUT2D eigenvalue weighted by molar-refractivity contribution is -0.298. The number of carbonyl (C=O) groups is 1. The van der Waals surface area contributed by atoms with Gasteiger partial charge in [-0.1, -0.05) is 193 Å². The van der Waals surface area contributed by atoms with Gasteiger partial charge in [0.25, 0.3) is 0 Å². The fourth-order valence-corrected chi connectivity index (χ4v) is 7.95. The number of carbonyl (C=O) groups excluding carboxylic acids is 1. The van der Waals surface area contributed by atoms with Gasteiger partial charge in [0.05, 0.1) is 25.4 Å². The number of unbranched alkanes of at least 4 members (excludes halogenated alkanes) is 27. The van der Waals surface area contributed by atoms with Crippen molar-refractivity contribution >= 4 is 16.3 Å². The zero-order valence-electron chi connectivity index (χ0n) is 35.9. The summed E-state index contributed by atoms with van der Waals surface area (Å²) in [6, 6.07) is -0.949. The number of amides is 1. The van der Waals surface area contributed by atoms with Crippen molar-refractivity contribution < 1.29 is 51.8 Å². The molecule has 1 heterocycles. The minimum atomic E-state index is -5.33. The van der Waals surface area contributed by atoms with Crippen molar-refractivity contribution in [2.45, 2.75) is 249 Å². The van der Waals surface area contributed by atoms with Crippen LogP contribution in [-0.4, -0.2) is 95.4 Å². The molecule has 7 atom stereocenters. The van der Waals surface area contributed by atoms with Gasteiger partial charge in [-0.25, -0.2) is 8.42 Å². The smallest absolute Gasteiger partial charge is 0.220 e. The highest BCUT2D eigenvalue weighted by molar-refractivity contribution is 7.80. The first kappa shape index (κ1) is 53.9. The Morgan fingerprint density at radius 1 is 0.702 bits per heavy atom. The molecule has 338 valence electrons. The Bertz CT molecular complexity index is 1080. The van der Waals surface area contributed by atoms with Crippen molar-refractivity contribution in [3.63, 3.8) is 0 Å². The highest BCUT2D eigenvalue weighted by Crippen LogP contribution is 2.26. The van der Waals surface area contributed by atoms with Crippen LogP contribution in [0.4, 0.5) is 0 Å². The van der Waals surface area contributed by atoms with Crippen molar-refractivity contribution in [1.82, 2.24) is 5.32 Å². The zero-order valence-corrected chi connectivity index (χ0v) is 36.7. The summed E-state index contributed by atoms with van der Waals surface area (Å²) < 4.78 is 49.3. The van der Waals surface area contributed by atoms with Crippen LogP contribution < -0.4 is 5.32 Å². The molecule has 0 bridgehead atoms. The second kappa shape index (κ2) is 35.6. The van der Waals surface area contributed by atoms with E-state index in [0.717, 1.165) is 38.5 Å². The third-order valence-corrected chi connectivity index (χ3v) is 11.5. The van der Waals surface area contributed by atoms with E-state index in [9.17, 15) is 38.2 Å². The molecule has 0 aliphatic carbocycles. The molecule has 1 saturated heterocycles. The van der Waals surface area contributed by atoms with Crippen LogP contribution in [-0.2, 0) is 28.9 Å². The molecular weight excluding hydrogens is 751 g/mol. The number of hydrogen-bond donors (Lipinski definition) is 5. The van der Waals surface area contributed by atoms with Crippen molar-refractivity contribution in [2.75, 3.05) is 13.2 Å². The van der Waals surface area contributed by atoms with Crippen LogP contribution in [0, 0.1) is 0 Å². The number of aliphatic hydroxyl groups excluding tert-OH is 4. The fourth-order valence-electron chi connectivity index (χ4n) is 7.45. The van der Waals surface area contributed by atoms with Crippen LogP contribution in [0.15, 0.2) is 12.2 Å². The second-order valence-electron chi connectivity index (χ2n) is 16.3. The normalized spacial score (nSPS) is 21.3. The summed E-state index contributed by atoms with van der Waals surface area (Å²) in [6.07, 6.45) is 29.3. The molecule has 1 aliphatic rings. The predicted molar refractivity (Wildman–Crippen MR) is 225 cm³/mol. The standard InChI is InChI=1S/C44H85NO11S/c1-3-5-7-9-11-13-15-17-18-19-20-22-24-26-28-30-32-34-40(48)45-37(38(47)33-31-29-27-25-23-21-16-14-12-10-8-6-4-2)36-54-44-42(50)43(56-57(51,52)53)41(49)39(35-46)55-44/h31,33,37-39,41-44,46-47,49-50H,3-30,32,34-36H2,1-2H3,(H,45,48)(H,51,52,53)/p-1/b33-31+/t37-,38+,39+,41-,42+,43-,44?/m0/s1. The maximum absolute atomic E-state index is 13.0. The molecular formula is C44H84NO11S-. The molecule has 0 aromatic carbocycles. The topological polar surface area (TPSA) is 195 Å². The van der Waals surface area contributed by atoms with Gasteiger partial charge in [0.2, 0.25) is 16.3 Å². The van der Waals surface area contributed by atoms with E-state index in [0.29, 0.717) is 6.42 Å². The fraction of sp³-hybridized carbons (Fsp3) is 0.932. The summed E-state index contributed by atoms with van der Waals surface area (Å²) in [6.45, 7) is 3.35. The summed E-state index contributed by atoms with van der Waals surface area (Å²) in [7, 11) is -5.33. The quantitative estimate of drug-likeness (QED) is 0.0173. The van der Waals surface area contributed by atoms with E-state index in [1.54, 1.807) is 6.08 Å². The number of ether oxygens (including phenoxy) is 2. The first-order chi connectivity index (χ1) is 27.5. The third-order valence-electron chi connectivity index (χ3n) is 11.1. The monoisotopic (exact) mass is 835 g/mol. The van der Waals surface area contributed by atoms with Gasteiger partial charge in [0.1, 0.15) is 24.4 Å². The van der Waals surface area contributed by atoms with Crippen LogP contribution in [0.25, 0.3) is 0 Å². The van der Waals surface area contributed by atoms with Gasteiger partial charge in [-0.05, 0) is 19.3 Å². The molecule has 0 spiro atoms. The van der Waals surface area contributed by atoms with Crippen LogP contribution in [0.3, 0.4) is 0 Å². The number of nitrogens with one attached hydrogen (secondary N) is 1. The molecule has 12 nitrogen and oxygen atoms in total. The lowest BCUT2D eigenvalue weighted by Gasteiger charge is -2.42. The van der Waals surface area contributed by atoms with Gasteiger partial charge in [-0.15, -0.1) is 0 Å². The minimum Gasteiger partial charge on any atom is -0.726 e. The Hall–Kier alpha value is -1.16. The van der Waals surface area contributed by atoms with E-state index in [-0.39, 0.29) is 18.9 Å². The highest BCUT2D eigenvalue weighted by atomic mass is 32.3. The van der Waals surface area contributed by atoms with E-state index in [2.05, 4.69) is 23.3 Å². The van der Waals surface area contributed by atoms with Gasteiger partial charge in [-0.2, -0.15) is 0 Å². The summed E-state index contributed by atoms with van der Waals surface area (Å²) in [5.41, 5.74) is 0. The molecule has 5 N–H and O–H groups in total. The van der Waals surface area contributed by atoms with Gasteiger partial charge in [0.15, 0.2) is 6.29 Å². The maximum atomic E-state index is 13.0. The van der Waals surface area contributed by atoms with Gasteiger partial charge in [0, 0.05) is 6.42 Å². The zero-order chi connectivity index (χ0) is 42.0. The van der Waals surface area contributed by atoms with Crippen LogP contribution >= 0.6 is 0 Å². The van der Waals surface area contributed by atoms with Crippen LogP contribution in [0.1, 0.15) is 206 Å². The van der Waals surface area contributed by atoms with Gasteiger partial charge in [-0.3, -0.25) is 8.98 Å². The maximum Gasteiger partial charge on any atom is 0.220 e. The van der Waals surface area contributed by atoms with E-state index in [1.165, 1.54) is 141 Å². The molecule has 1 amide bonds. The summed E-state index contributed by atoms with van der Waals surface area (Å²) in [4.78, 5) is 13.0.